The van der Waals surface area contributed by atoms with Crippen LogP contribution in [-0.2, 0) is 4.94 Å². The molecule has 2 atom stereocenters. The van der Waals surface area contributed by atoms with E-state index in [9.17, 15) is 5.21 Å². The molecule has 3 N–H and O–H groups in total. The summed E-state index contributed by atoms with van der Waals surface area (Å²) in [5.74, 6) is 7.37. The molecule has 5 nitrogen and oxygen atoms in total. The maximum absolute atomic E-state index is 10.4. The monoisotopic (exact) mass is 161 g/mol. The van der Waals surface area contributed by atoms with Crippen LogP contribution in [0.4, 0.5) is 0 Å². The van der Waals surface area contributed by atoms with E-state index in [0.717, 1.165) is 25.7 Å². The quantitative estimate of drug-likeness (QED) is 0.502. The Morgan fingerprint density at radius 2 is 2.00 bits per heavy atom. The molecule has 0 aliphatic heterocycles. The van der Waals surface area contributed by atoms with E-state index in [1.54, 1.807) is 0 Å². The molecule has 0 aromatic carbocycles. The van der Waals surface area contributed by atoms with Crippen molar-refractivity contribution in [1.29, 1.82) is 0 Å². The molecular formula is C6H15N3O2. The van der Waals surface area contributed by atoms with Gasteiger partial charge in [-0.05, 0) is 17.8 Å². The highest BCUT2D eigenvalue weighted by Crippen LogP contribution is 2.14. The zero-order chi connectivity index (χ0) is 8.27. The first kappa shape index (κ1) is 8.89. The first-order chi connectivity index (χ1) is 5.20. The molecule has 1 rings (SSSR count). The van der Waals surface area contributed by atoms with Gasteiger partial charge in [-0.25, -0.2) is 5.17 Å². The van der Waals surface area contributed by atoms with E-state index in [-0.39, 0.29) is 16.4 Å². The lowest BCUT2D eigenvalue weighted by molar-refractivity contribution is -1.31. The van der Waals surface area contributed by atoms with Crippen molar-refractivity contribution in [3.05, 3.63) is 11.0 Å². The van der Waals surface area contributed by atoms with E-state index < -0.39 is 0 Å². The van der Waals surface area contributed by atoms with Gasteiger partial charge in [0.25, 0.3) is 0 Å². The summed E-state index contributed by atoms with van der Waals surface area (Å²) in [5.41, 5.74) is 0. The average molecular weight is 161 g/mol. The topological polar surface area (TPSA) is 65.0 Å². The molecule has 1 aliphatic rings. The third-order valence-corrected chi connectivity index (χ3v) is 1.98. The highest BCUT2D eigenvalue weighted by atomic mass is 17.0. The van der Waals surface area contributed by atoms with E-state index in [0.29, 0.717) is 0 Å². The smallest absolute Gasteiger partial charge is 0.112 e. The maximum Gasteiger partial charge on any atom is 0.112 e. The minimum Gasteiger partial charge on any atom is -0.596 e. The predicted molar refractivity (Wildman–Crippen MR) is 38.9 cm³/mol. The van der Waals surface area contributed by atoms with Crippen LogP contribution in [0.2, 0.25) is 0 Å². The van der Waals surface area contributed by atoms with Gasteiger partial charge in [0.15, 0.2) is 0 Å². The number of hydrogen-bond acceptors (Lipinski definition) is 2. The third-order valence-electron chi connectivity index (χ3n) is 1.98. The van der Waals surface area contributed by atoms with Gasteiger partial charge in [0.2, 0.25) is 0 Å². The molecule has 1 fully saturated rings. The van der Waals surface area contributed by atoms with Crippen molar-refractivity contribution in [3.63, 3.8) is 0 Å². The standard InChI is InChI=1S/C6H15N3O2/c1-8(10)11-9(7)6-4-2-3-5-6/h6-9H,2-5H2,1H3. The summed E-state index contributed by atoms with van der Waals surface area (Å²) in [5, 5.41) is 10.2. The van der Waals surface area contributed by atoms with Gasteiger partial charge in [0.1, 0.15) is 13.1 Å². The first-order valence-corrected chi connectivity index (χ1v) is 3.97. The van der Waals surface area contributed by atoms with Crippen LogP contribution in [0.5, 0.6) is 0 Å². The molecule has 11 heavy (non-hydrogen) atoms. The summed E-state index contributed by atoms with van der Waals surface area (Å²) in [6.45, 7) is 0. The first-order valence-electron chi connectivity index (χ1n) is 3.97. The fourth-order valence-corrected chi connectivity index (χ4v) is 1.43. The Morgan fingerprint density at radius 1 is 1.45 bits per heavy atom. The molecule has 0 spiro atoms. The van der Waals surface area contributed by atoms with Crippen LogP contribution in [0, 0.1) is 5.21 Å². The summed E-state index contributed by atoms with van der Waals surface area (Å²) in [6.07, 6.45) is 4.33. The van der Waals surface area contributed by atoms with Gasteiger partial charge in [-0.15, -0.1) is 0 Å². The number of quaternary nitrogens is 2. The van der Waals surface area contributed by atoms with E-state index in [4.69, 9.17) is 5.84 Å². The molecule has 0 aromatic rings. The summed E-state index contributed by atoms with van der Waals surface area (Å²) < 4.78 is 0. The lowest BCUT2D eigenvalue weighted by Crippen LogP contribution is -3.25. The molecule has 0 amide bonds. The number of nitrogens with one attached hydrogen (secondary N) is 3. The van der Waals surface area contributed by atoms with Crippen molar-refractivity contribution < 1.29 is 15.3 Å². The summed E-state index contributed by atoms with van der Waals surface area (Å²) >= 11 is 0. The Kier molecular flexibility index (Phi) is 3.22. The van der Waals surface area contributed by atoms with Crippen LogP contribution in [0.15, 0.2) is 0 Å². The Bertz CT molecular complexity index is 114. The van der Waals surface area contributed by atoms with Crippen molar-refractivity contribution in [2.75, 3.05) is 7.05 Å². The molecular weight excluding hydrogens is 146 g/mol. The predicted octanol–water partition coefficient (Wildman–Crippen LogP) is -1.36. The van der Waals surface area contributed by atoms with Gasteiger partial charge < -0.3 is 11.0 Å². The second kappa shape index (κ2) is 3.99. The fourth-order valence-electron chi connectivity index (χ4n) is 1.43. The Morgan fingerprint density at radius 3 is 2.45 bits per heavy atom. The second-order valence-electron chi connectivity index (χ2n) is 2.94. The molecule has 1 aliphatic carbocycles. The van der Waals surface area contributed by atoms with Gasteiger partial charge in [0, 0.05) is 12.8 Å². The largest absolute Gasteiger partial charge is 0.596 e. The summed E-state index contributed by atoms with van der Waals surface area (Å²) in [7, 11) is 1.34. The molecule has 0 heterocycles. The zero-order valence-corrected chi connectivity index (χ0v) is 6.72. The highest BCUT2D eigenvalue weighted by Gasteiger charge is 2.22. The fraction of sp³-hybridized carbons (Fsp3) is 1.00. The van der Waals surface area contributed by atoms with E-state index in [2.05, 4.69) is 4.94 Å². The minimum atomic E-state index is -0.373. The minimum absolute atomic E-state index is 0.162. The van der Waals surface area contributed by atoms with Gasteiger partial charge >= 0.3 is 0 Å². The Labute approximate surface area is 66.2 Å². The van der Waals surface area contributed by atoms with E-state index >= 15 is 0 Å². The van der Waals surface area contributed by atoms with Crippen LogP contribution >= 0.6 is 0 Å². The van der Waals surface area contributed by atoms with Crippen molar-refractivity contribution in [2.45, 2.75) is 31.7 Å². The molecule has 0 bridgehead atoms. The second-order valence-corrected chi connectivity index (χ2v) is 2.94. The molecule has 2 unspecified atom stereocenters. The van der Waals surface area contributed by atoms with Crippen LogP contribution in [0.3, 0.4) is 0 Å². The van der Waals surface area contributed by atoms with Crippen LogP contribution in [0.1, 0.15) is 25.7 Å². The maximum atomic E-state index is 10.4. The van der Waals surface area contributed by atoms with Crippen molar-refractivity contribution in [3.8, 4) is 0 Å². The van der Waals surface area contributed by atoms with Gasteiger partial charge in [-0.3, -0.25) is 0 Å². The number of hydroxylamine groups is 3. The normalized spacial score (nSPS) is 25.4. The lowest BCUT2D eigenvalue weighted by Gasteiger charge is -2.26. The molecule has 66 valence electrons. The Balaban J connectivity index is 2.22. The van der Waals surface area contributed by atoms with Gasteiger partial charge in [-0.1, -0.05) is 0 Å². The molecule has 5 heteroatoms. The van der Waals surface area contributed by atoms with Crippen LogP contribution in [0.25, 0.3) is 5.84 Å². The number of rotatable bonds is 3. The molecule has 1 saturated carbocycles. The Hall–Kier alpha value is -0.200. The van der Waals surface area contributed by atoms with Crippen molar-refractivity contribution >= 4 is 0 Å². The lowest BCUT2D eigenvalue weighted by atomic mass is 10.3. The van der Waals surface area contributed by atoms with Crippen LogP contribution in [-0.4, -0.2) is 13.1 Å². The zero-order valence-electron chi connectivity index (χ0n) is 6.72. The van der Waals surface area contributed by atoms with Crippen LogP contribution < -0.4 is 10.4 Å². The van der Waals surface area contributed by atoms with Crippen molar-refractivity contribution in [2.24, 2.45) is 0 Å². The highest BCUT2D eigenvalue weighted by molar-refractivity contribution is 4.63. The third kappa shape index (κ3) is 2.72. The summed E-state index contributed by atoms with van der Waals surface area (Å²) in [4.78, 5) is 4.68. The van der Waals surface area contributed by atoms with Gasteiger partial charge in [-0.2, -0.15) is 5.23 Å². The van der Waals surface area contributed by atoms with Crippen molar-refractivity contribution in [1.82, 2.24) is 0 Å². The number of hydrogen-bond donors (Lipinski definition) is 2. The molecule has 0 aromatic heterocycles. The summed E-state index contributed by atoms with van der Waals surface area (Å²) in [6, 6.07) is 0.207. The average Bonchev–Trinajstić information content (AvgIpc) is 2.35. The molecule has 0 saturated heterocycles. The van der Waals surface area contributed by atoms with E-state index in [1.165, 1.54) is 7.05 Å². The SMILES string of the molecule is C[NH+]([O-])O[NH+]([NH-])C1CCCC1. The van der Waals surface area contributed by atoms with E-state index in [1.807, 2.05) is 0 Å². The molecule has 0 radical (unpaired) electrons. The van der Waals surface area contributed by atoms with Gasteiger partial charge in [0.05, 0.1) is 0 Å².